The number of fused-ring (bicyclic) bond motifs is 1. The molecule has 1 amide bonds. The Hall–Kier alpha value is -2.82. The molecule has 0 spiro atoms. The molecule has 0 fully saturated rings. The van der Waals surface area contributed by atoms with Gasteiger partial charge >= 0.3 is 5.97 Å². The highest BCUT2D eigenvalue weighted by Crippen LogP contribution is 2.36. The van der Waals surface area contributed by atoms with Gasteiger partial charge < -0.3 is 14.7 Å². The van der Waals surface area contributed by atoms with Crippen LogP contribution in [-0.2, 0) is 16.0 Å². The normalized spacial score (nSPS) is 15.7. The fourth-order valence-electron chi connectivity index (χ4n) is 3.16. The Balaban J connectivity index is 1.66. The largest absolute Gasteiger partial charge is 0.494 e. The summed E-state index contributed by atoms with van der Waals surface area (Å²) >= 11 is 0. The van der Waals surface area contributed by atoms with Gasteiger partial charge in [-0.3, -0.25) is 9.59 Å². The van der Waals surface area contributed by atoms with E-state index in [9.17, 15) is 14.7 Å². The monoisotopic (exact) mass is 339 g/mol. The molecule has 1 aliphatic rings. The number of aliphatic carboxylic acids is 1. The fraction of sp³-hybridized carbons (Fsp3) is 0.300. The van der Waals surface area contributed by atoms with Gasteiger partial charge in [-0.1, -0.05) is 30.3 Å². The number of nitrogens with zero attached hydrogens (tertiary/aromatic N) is 1. The molecule has 2 aromatic rings. The third-order valence-corrected chi connectivity index (χ3v) is 4.43. The van der Waals surface area contributed by atoms with Crippen molar-refractivity contribution in [3.63, 3.8) is 0 Å². The van der Waals surface area contributed by atoms with E-state index in [2.05, 4.69) is 0 Å². The summed E-state index contributed by atoms with van der Waals surface area (Å²) in [5.74, 6) is -0.777. The minimum absolute atomic E-state index is 0.0508. The molecule has 0 radical (unpaired) electrons. The van der Waals surface area contributed by atoms with Crippen LogP contribution in [0.3, 0.4) is 0 Å². The van der Waals surface area contributed by atoms with Gasteiger partial charge in [0.1, 0.15) is 11.7 Å². The zero-order valence-corrected chi connectivity index (χ0v) is 14.1. The van der Waals surface area contributed by atoms with Crippen LogP contribution < -0.4 is 9.64 Å². The van der Waals surface area contributed by atoms with Crippen molar-refractivity contribution in [2.75, 3.05) is 18.1 Å². The number of para-hydroxylation sites is 1. The van der Waals surface area contributed by atoms with E-state index in [-0.39, 0.29) is 12.5 Å². The summed E-state index contributed by atoms with van der Waals surface area (Å²) < 4.78 is 5.41. The van der Waals surface area contributed by atoms with Gasteiger partial charge in [-0.2, -0.15) is 0 Å². The van der Waals surface area contributed by atoms with Crippen LogP contribution in [0.5, 0.6) is 5.75 Å². The lowest BCUT2D eigenvalue weighted by Gasteiger charge is -2.17. The number of rotatable bonds is 6. The number of carbonyl (C=O) groups is 2. The highest BCUT2D eigenvalue weighted by molar-refractivity contribution is 5.99. The molecule has 0 bridgehead atoms. The summed E-state index contributed by atoms with van der Waals surface area (Å²) in [7, 11) is 0. The Morgan fingerprint density at radius 2 is 1.88 bits per heavy atom. The van der Waals surface area contributed by atoms with E-state index in [1.165, 1.54) is 0 Å². The Labute approximate surface area is 146 Å². The molecule has 130 valence electrons. The average Bonchev–Trinajstić information content (AvgIpc) is 3.01. The lowest BCUT2D eigenvalue weighted by Crippen LogP contribution is -2.31. The summed E-state index contributed by atoms with van der Waals surface area (Å²) in [5.41, 5.74) is 2.48. The lowest BCUT2D eigenvalue weighted by atomic mass is 10.0. The molecule has 5 heteroatoms. The molecule has 25 heavy (non-hydrogen) atoms. The number of anilines is 1. The first-order chi connectivity index (χ1) is 12.1. The highest BCUT2D eigenvalue weighted by atomic mass is 16.5. The van der Waals surface area contributed by atoms with Gasteiger partial charge in [-0.05, 0) is 42.7 Å². The summed E-state index contributed by atoms with van der Waals surface area (Å²) in [5, 5.41) is 9.39. The molecular weight excluding hydrogens is 318 g/mol. The van der Waals surface area contributed by atoms with Crippen LogP contribution >= 0.6 is 0 Å². The summed E-state index contributed by atoms with van der Waals surface area (Å²) in [6, 6.07) is 14.9. The van der Waals surface area contributed by atoms with Crippen molar-refractivity contribution in [1.29, 1.82) is 0 Å². The molecule has 3 rings (SSSR count). The molecule has 1 N–H and O–H groups in total. The number of carbonyl (C=O) groups excluding carboxylic acids is 1. The smallest absolute Gasteiger partial charge is 0.312 e. The summed E-state index contributed by atoms with van der Waals surface area (Å²) in [4.78, 5) is 25.7. The first-order valence-corrected chi connectivity index (χ1v) is 8.44. The van der Waals surface area contributed by atoms with Crippen LogP contribution in [0.25, 0.3) is 0 Å². The van der Waals surface area contributed by atoms with E-state index in [1.807, 2.05) is 49.4 Å². The minimum Gasteiger partial charge on any atom is -0.494 e. The maximum absolute atomic E-state index is 12.6. The second-order valence-corrected chi connectivity index (χ2v) is 6.03. The van der Waals surface area contributed by atoms with Gasteiger partial charge in [0.15, 0.2) is 0 Å². The van der Waals surface area contributed by atoms with Crippen LogP contribution in [0.4, 0.5) is 5.69 Å². The number of carboxylic acid groups (broad SMARTS) is 1. The number of amides is 1. The molecule has 0 saturated carbocycles. The maximum Gasteiger partial charge on any atom is 0.312 e. The van der Waals surface area contributed by atoms with Crippen LogP contribution in [0.15, 0.2) is 48.5 Å². The van der Waals surface area contributed by atoms with E-state index in [1.54, 1.807) is 11.0 Å². The van der Waals surface area contributed by atoms with Crippen molar-refractivity contribution in [1.82, 2.24) is 0 Å². The van der Waals surface area contributed by atoms with Crippen LogP contribution in [0.2, 0.25) is 0 Å². The molecule has 0 aliphatic carbocycles. The second-order valence-electron chi connectivity index (χ2n) is 6.03. The third kappa shape index (κ3) is 3.65. The van der Waals surface area contributed by atoms with Crippen molar-refractivity contribution in [2.45, 2.75) is 25.7 Å². The van der Waals surface area contributed by atoms with E-state index in [4.69, 9.17) is 4.74 Å². The molecule has 1 aliphatic heterocycles. The van der Waals surface area contributed by atoms with Crippen molar-refractivity contribution >= 4 is 17.6 Å². The Bertz CT molecular complexity index is 770. The number of hydrogen-bond acceptors (Lipinski definition) is 3. The van der Waals surface area contributed by atoms with E-state index in [0.29, 0.717) is 30.7 Å². The predicted molar refractivity (Wildman–Crippen MR) is 95.1 cm³/mol. The Morgan fingerprint density at radius 3 is 2.56 bits per heavy atom. The number of ether oxygens (including phenoxy) is 1. The van der Waals surface area contributed by atoms with Gasteiger partial charge in [-0.15, -0.1) is 0 Å². The van der Waals surface area contributed by atoms with Crippen LogP contribution in [0, 0.1) is 0 Å². The first kappa shape index (κ1) is 17.0. The number of benzene rings is 2. The van der Waals surface area contributed by atoms with E-state index in [0.717, 1.165) is 11.3 Å². The van der Waals surface area contributed by atoms with Gasteiger partial charge in [0.25, 0.3) is 0 Å². The molecular formula is C20H21NO4. The zero-order chi connectivity index (χ0) is 17.8. The standard InChI is InChI=1S/C20H21NO4/c1-2-25-15-10-7-14(8-11-15)9-12-19(22)21-13-17(20(23)24)16-5-3-4-6-18(16)21/h3-8,10-11,17H,2,9,12-13H2,1H3,(H,23,24). The number of hydrogen-bond donors (Lipinski definition) is 1. The summed E-state index contributed by atoms with van der Waals surface area (Å²) in [6.45, 7) is 2.76. The Kier molecular flexibility index (Phi) is 5.03. The Morgan fingerprint density at radius 1 is 1.16 bits per heavy atom. The molecule has 5 nitrogen and oxygen atoms in total. The third-order valence-electron chi connectivity index (χ3n) is 4.43. The molecule has 1 atom stereocenters. The zero-order valence-electron chi connectivity index (χ0n) is 14.1. The molecule has 0 aromatic heterocycles. The maximum atomic E-state index is 12.6. The molecule has 1 heterocycles. The summed E-state index contributed by atoms with van der Waals surface area (Å²) in [6.07, 6.45) is 0.955. The predicted octanol–water partition coefficient (Wildman–Crippen LogP) is 3.23. The van der Waals surface area contributed by atoms with Gasteiger partial charge in [0.2, 0.25) is 5.91 Å². The van der Waals surface area contributed by atoms with Crippen LogP contribution in [-0.4, -0.2) is 30.1 Å². The van der Waals surface area contributed by atoms with Crippen molar-refractivity contribution in [3.05, 3.63) is 59.7 Å². The number of carboxylic acids is 1. The van der Waals surface area contributed by atoms with Crippen molar-refractivity contribution in [2.24, 2.45) is 0 Å². The highest BCUT2D eigenvalue weighted by Gasteiger charge is 2.35. The van der Waals surface area contributed by atoms with Crippen molar-refractivity contribution in [3.8, 4) is 5.75 Å². The molecule has 0 saturated heterocycles. The first-order valence-electron chi connectivity index (χ1n) is 8.44. The van der Waals surface area contributed by atoms with Gasteiger partial charge in [0, 0.05) is 18.7 Å². The van der Waals surface area contributed by atoms with Crippen molar-refractivity contribution < 1.29 is 19.4 Å². The second kappa shape index (κ2) is 7.38. The average molecular weight is 339 g/mol. The quantitative estimate of drug-likeness (QED) is 0.877. The number of aryl methyl sites for hydroxylation is 1. The van der Waals surface area contributed by atoms with Gasteiger partial charge in [0.05, 0.1) is 6.61 Å². The minimum atomic E-state index is -0.894. The molecule has 1 unspecified atom stereocenters. The molecule has 2 aromatic carbocycles. The fourth-order valence-corrected chi connectivity index (χ4v) is 3.16. The van der Waals surface area contributed by atoms with E-state index < -0.39 is 11.9 Å². The van der Waals surface area contributed by atoms with Gasteiger partial charge in [-0.25, -0.2) is 0 Å². The van der Waals surface area contributed by atoms with E-state index >= 15 is 0 Å². The van der Waals surface area contributed by atoms with Crippen LogP contribution in [0.1, 0.15) is 30.4 Å². The lowest BCUT2D eigenvalue weighted by molar-refractivity contribution is -0.138. The topological polar surface area (TPSA) is 66.8 Å². The SMILES string of the molecule is CCOc1ccc(CCC(=O)N2CC(C(=O)O)c3ccccc32)cc1.